The molecule has 0 aromatic heterocycles. The number of anilines is 1. The molecule has 0 saturated carbocycles. The summed E-state index contributed by atoms with van der Waals surface area (Å²) in [4.78, 5) is 26.6. The maximum absolute atomic E-state index is 12.3. The number of likely N-dealkylation sites (tertiary alicyclic amines) is 1. The average molecular weight is 360 g/mol. The zero-order valence-corrected chi connectivity index (χ0v) is 16.4. The third kappa shape index (κ3) is 6.79. The van der Waals surface area contributed by atoms with Gasteiger partial charge < -0.3 is 10.6 Å². The molecule has 1 aliphatic heterocycles. The van der Waals surface area contributed by atoms with Crippen LogP contribution in [0.3, 0.4) is 0 Å². The summed E-state index contributed by atoms with van der Waals surface area (Å²) in [6.45, 7) is 8.99. The number of benzene rings is 1. The Bertz CT molecular complexity index is 587. The van der Waals surface area contributed by atoms with E-state index in [0.29, 0.717) is 6.54 Å². The average Bonchev–Trinajstić information content (AvgIpc) is 2.58. The fourth-order valence-electron chi connectivity index (χ4n) is 3.53. The maximum Gasteiger partial charge on any atom is 0.238 e. The summed E-state index contributed by atoms with van der Waals surface area (Å²) in [5.74, 6) is 0.285. The highest BCUT2D eigenvalue weighted by Crippen LogP contribution is 2.18. The van der Waals surface area contributed by atoms with Crippen LogP contribution in [0.25, 0.3) is 0 Å². The smallest absolute Gasteiger partial charge is 0.238 e. The minimum absolute atomic E-state index is 0.0115. The van der Waals surface area contributed by atoms with Gasteiger partial charge in [0, 0.05) is 18.2 Å². The van der Waals surface area contributed by atoms with Crippen LogP contribution >= 0.6 is 0 Å². The zero-order valence-electron chi connectivity index (χ0n) is 16.4. The van der Waals surface area contributed by atoms with Gasteiger partial charge in [-0.25, -0.2) is 0 Å². The van der Waals surface area contributed by atoms with Crippen LogP contribution in [-0.4, -0.2) is 42.9 Å². The summed E-state index contributed by atoms with van der Waals surface area (Å²) in [5.41, 5.74) is 3.14. The molecule has 0 atom stereocenters. The first-order valence-electron chi connectivity index (χ1n) is 9.86. The van der Waals surface area contributed by atoms with E-state index in [4.69, 9.17) is 0 Å². The summed E-state index contributed by atoms with van der Waals surface area (Å²) < 4.78 is 0. The lowest BCUT2D eigenvalue weighted by Crippen LogP contribution is -2.43. The van der Waals surface area contributed by atoms with Gasteiger partial charge in [-0.3, -0.25) is 14.5 Å². The van der Waals surface area contributed by atoms with Gasteiger partial charge >= 0.3 is 0 Å². The molecule has 1 heterocycles. The molecule has 1 saturated heterocycles. The molecule has 5 nitrogen and oxygen atoms in total. The van der Waals surface area contributed by atoms with E-state index in [0.717, 1.165) is 62.1 Å². The van der Waals surface area contributed by atoms with Crippen LogP contribution in [0, 0.1) is 19.8 Å². The van der Waals surface area contributed by atoms with Gasteiger partial charge in [-0.1, -0.05) is 25.8 Å². The van der Waals surface area contributed by atoms with Gasteiger partial charge in [-0.2, -0.15) is 0 Å². The van der Waals surface area contributed by atoms with Gasteiger partial charge in [0.2, 0.25) is 11.8 Å². The predicted molar refractivity (Wildman–Crippen MR) is 106 cm³/mol. The second-order valence-corrected chi connectivity index (χ2v) is 7.47. The summed E-state index contributed by atoms with van der Waals surface area (Å²) >= 11 is 0. The molecule has 1 aliphatic rings. The Labute approximate surface area is 157 Å². The lowest BCUT2D eigenvalue weighted by atomic mass is 9.96. The molecule has 2 N–H and O–H groups in total. The third-order valence-corrected chi connectivity index (χ3v) is 4.91. The van der Waals surface area contributed by atoms with Gasteiger partial charge in [0.05, 0.1) is 6.54 Å². The summed E-state index contributed by atoms with van der Waals surface area (Å²) in [6, 6.07) is 6.06. The molecule has 144 valence electrons. The first-order valence-corrected chi connectivity index (χ1v) is 9.86. The first-order chi connectivity index (χ1) is 12.5. The number of unbranched alkanes of at least 4 members (excludes halogenated alkanes) is 2. The van der Waals surface area contributed by atoms with Crippen molar-refractivity contribution < 1.29 is 9.59 Å². The van der Waals surface area contributed by atoms with Crippen LogP contribution in [0.15, 0.2) is 18.2 Å². The predicted octanol–water partition coefficient (Wildman–Crippen LogP) is 3.26. The molecule has 0 spiro atoms. The lowest BCUT2D eigenvalue weighted by Gasteiger charge is -2.30. The Morgan fingerprint density at radius 2 is 1.73 bits per heavy atom. The van der Waals surface area contributed by atoms with E-state index in [-0.39, 0.29) is 17.7 Å². The summed E-state index contributed by atoms with van der Waals surface area (Å²) in [7, 11) is 0. The van der Waals surface area contributed by atoms with E-state index in [1.54, 1.807) is 0 Å². The fraction of sp³-hybridized carbons (Fsp3) is 0.619. The first kappa shape index (κ1) is 20.4. The van der Waals surface area contributed by atoms with E-state index >= 15 is 0 Å². The van der Waals surface area contributed by atoms with Crippen molar-refractivity contribution in [1.29, 1.82) is 0 Å². The number of amides is 2. The van der Waals surface area contributed by atoms with Crippen LogP contribution in [0.1, 0.15) is 50.2 Å². The Balaban J connectivity index is 1.70. The number of hydrogen-bond donors (Lipinski definition) is 2. The van der Waals surface area contributed by atoms with E-state index in [2.05, 4.69) is 28.5 Å². The standard InChI is InChI=1S/C21H33N3O2/c1-4-5-6-9-22-21(26)18-7-10-24(11-8-18)15-20(25)23-19-13-16(2)12-17(3)14-19/h12-14,18H,4-11,15H2,1-3H3,(H,22,26)(H,23,25). The van der Waals surface area contributed by atoms with E-state index in [1.165, 1.54) is 6.42 Å². The van der Waals surface area contributed by atoms with Crippen molar-refractivity contribution in [2.45, 2.75) is 52.9 Å². The minimum atomic E-state index is 0.0115. The molecule has 26 heavy (non-hydrogen) atoms. The van der Waals surface area contributed by atoms with Crippen LogP contribution in [0.5, 0.6) is 0 Å². The number of rotatable bonds is 8. The van der Waals surface area contributed by atoms with E-state index in [1.807, 2.05) is 26.0 Å². The van der Waals surface area contributed by atoms with Crippen LogP contribution < -0.4 is 10.6 Å². The molecule has 1 aromatic rings. The Morgan fingerprint density at radius 3 is 2.35 bits per heavy atom. The molecular formula is C21H33N3O2. The second kappa shape index (κ2) is 10.3. The largest absolute Gasteiger partial charge is 0.356 e. The highest BCUT2D eigenvalue weighted by atomic mass is 16.2. The van der Waals surface area contributed by atoms with Crippen molar-refractivity contribution >= 4 is 17.5 Å². The van der Waals surface area contributed by atoms with Crippen LogP contribution in [-0.2, 0) is 9.59 Å². The van der Waals surface area contributed by atoms with Crippen molar-refractivity contribution in [3.63, 3.8) is 0 Å². The van der Waals surface area contributed by atoms with Crippen LogP contribution in [0.4, 0.5) is 5.69 Å². The monoisotopic (exact) mass is 359 g/mol. The highest BCUT2D eigenvalue weighted by molar-refractivity contribution is 5.92. The van der Waals surface area contributed by atoms with Crippen molar-refractivity contribution in [2.24, 2.45) is 5.92 Å². The van der Waals surface area contributed by atoms with E-state index < -0.39 is 0 Å². The molecule has 0 bridgehead atoms. The molecule has 0 aliphatic carbocycles. The van der Waals surface area contributed by atoms with Crippen molar-refractivity contribution in [1.82, 2.24) is 10.2 Å². The van der Waals surface area contributed by atoms with Gasteiger partial charge in [0.1, 0.15) is 0 Å². The topological polar surface area (TPSA) is 61.4 Å². The van der Waals surface area contributed by atoms with Gasteiger partial charge in [-0.15, -0.1) is 0 Å². The summed E-state index contributed by atoms with van der Waals surface area (Å²) in [5, 5.41) is 6.03. The van der Waals surface area contributed by atoms with Crippen molar-refractivity contribution in [3.8, 4) is 0 Å². The number of carbonyl (C=O) groups is 2. The minimum Gasteiger partial charge on any atom is -0.356 e. The van der Waals surface area contributed by atoms with Gasteiger partial charge in [-0.05, 0) is 69.5 Å². The third-order valence-electron chi connectivity index (χ3n) is 4.91. The number of nitrogens with one attached hydrogen (secondary N) is 2. The SMILES string of the molecule is CCCCCNC(=O)C1CCN(CC(=O)Nc2cc(C)cc(C)c2)CC1. The Hall–Kier alpha value is -1.88. The maximum atomic E-state index is 12.3. The van der Waals surface area contributed by atoms with Crippen molar-refractivity contribution in [3.05, 3.63) is 29.3 Å². The molecule has 2 amide bonds. The highest BCUT2D eigenvalue weighted by Gasteiger charge is 2.25. The zero-order chi connectivity index (χ0) is 18.9. The normalized spacial score (nSPS) is 15.7. The molecule has 1 fully saturated rings. The molecular weight excluding hydrogens is 326 g/mol. The molecule has 2 rings (SSSR count). The van der Waals surface area contributed by atoms with Gasteiger partial charge in [0.25, 0.3) is 0 Å². The quantitative estimate of drug-likeness (QED) is 0.701. The number of piperidine rings is 1. The van der Waals surface area contributed by atoms with Crippen LogP contribution in [0.2, 0.25) is 0 Å². The molecule has 1 aromatic carbocycles. The molecule has 0 radical (unpaired) electrons. The fourth-order valence-corrected chi connectivity index (χ4v) is 3.53. The second-order valence-electron chi connectivity index (χ2n) is 7.47. The molecule has 5 heteroatoms. The Kier molecular flexibility index (Phi) is 8.10. The lowest BCUT2D eigenvalue weighted by molar-refractivity contribution is -0.126. The van der Waals surface area contributed by atoms with Gasteiger partial charge in [0.15, 0.2) is 0 Å². The number of carbonyl (C=O) groups excluding carboxylic acids is 2. The number of nitrogens with zero attached hydrogens (tertiary/aromatic N) is 1. The Morgan fingerprint density at radius 1 is 1.08 bits per heavy atom. The summed E-state index contributed by atoms with van der Waals surface area (Å²) in [6.07, 6.45) is 5.04. The number of hydrogen-bond acceptors (Lipinski definition) is 3. The number of aryl methyl sites for hydroxylation is 2. The molecule has 0 unspecified atom stereocenters. The van der Waals surface area contributed by atoms with Crippen molar-refractivity contribution in [2.75, 3.05) is 31.5 Å². The van der Waals surface area contributed by atoms with E-state index in [9.17, 15) is 9.59 Å².